The van der Waals surface area contributed by atoms with E-state index < -0.39 is 0 Å². The highest BCUT2D eigenvalue weighted by molar-refractivity contribution is 5.84. The SMILES string of the molecule is CCCCCCCOc1ccc(-c2c(C)c(-c3ccc(OC)cc3)nc(N)c2C#N)cc1. The molecule has 0 amide bonds. The first-order chi connectivity index (χ1) is 15.6. The normalized spacial score (nSPS) is 10.6. The Balaban J connectivity index is 1.86. The van der Waals surface area contributed by atoms with Gasteiger partial charge in [0.2, 0.25) is 0 Å². The van der Waals surface area contributed by atoms with Gasteiger partial charge in [0.1, 0.15) is 28.9 Å². The second-order valence-electron chi connectivity index (χ2n) is 7.85. The number of nitrogens with zero attached hydrogens (tertiary/aromatic N) is 2. The molecule has 5 heteroatoms. The first kappa shape index (κ1) is 23.1. The zero-order valence-corrected chi connectivity index (χ0v) is 19.1. The Hall–Kier alpha value is -3.52. The molecule has 0 bridgehead atoms. The predicted octanol–water partition coefficient (Wildman–Crippen LogP) is 6.54. The lowest BCUT2D eigenvalue weighted by Crippen LogP contribution is -2.03. The van der Waals surface area contributed by atoms with Crippen LogP contribution in [0.1, 0.15) is 50.2 Å². The lowest BCUT2D eigenvalue weighted by molar-refractivity contribution is 0.304. The molecule has 0 saturated carbocycles. The number of anilines is 1. The summed E-state index contributed by atoms with van der Waals surface area (Å²) in [5.41, 5.74) is 10.9. The summed E-state index contributed by atoms with van der Waals surface area (Å²) in [7, 11) is 1.64. The van der Waals surface area contributed by atoms with Crippen LogP contribution in [-0.2, 0) is 0 Å². The fourth-order valence-corrected chi connectivity index (χ4v) is 3.81. The van der Waals surface area contributed by atoms with Gasteiger partial charge >= 0.3 is 0 Å². The fraction of sp³-hybridized carbons (Fsp3) is 0.333. The van der Waals surface area contributed by atoms with E-state index in [0.717, 1.165) is 52.5 Å². The number of aromatic nitrogens is 1. The van der Waals surface area contributed by atoms with E-state index in [1.807, 2.05) is 55.5 Å². The number of unbranched alkanes of at least 4 members (excludes halogenated alkanes) is 4. The molecule has 3 rings (SSSR count). The van der Waals surface area contributed by atoms with Crippen LogP contribution in [0.2, 0.25) is 0 Å². The molecule has 0 spiro atoms. The highest BCUT2D eigenvalue weighted by atomic mass is 16.5. The fourth-order valence-electron chi connectivity index (χ4n) is 3.81. The summed E-state index contributed by atoms with van der Waals surface area (Å²) >= 11 is 0. The van der Waals surface area contributed by atoms with Gasteiger partial charge in [0, 0.05) is 11.1 Å². The van der Waals surface area contributed by atoms with E-state index in [9.17, 15) is 5.26 Å². The number of hydrogen-bond donors (Lipinski definition) is 1. The van der Waals surface area contributed by atoms with Crippen molar-refractivity contribution in [2.45, 2.75) is 46.0 Å². The van der Waals surface area contributed by atoms with Crippen molar-refractivity contribution >= 4 is 5.82 Å². The van der Waals surface area contributed by atoms with Gasteiger partial charge in [0.05, 0.1) is 19.4 Å². The second-order valence-corrected chi connectivity index (χ2v) is 7.85. The van der Waals surface area contributed by atoms with Crippen molar-refractivity contribution in [1.82, 2.24) is 4.98 Å². The molecule has 1 aromatic heterocycles. The van der Waals surface area contributed by atoms with Gasteiger partial charge in [0.25, 0.3) is 0 Å². The highest BCUT2D eigenvalue weighted by Gasteiger charge is 2.18. The molecule has 1 heterocycles. The maximum Gasteiger partial charge on any atom is 0.142 e. The van der Waals surface area contributed by atoms with Crippen molar-refractivity contribution < 1.29 is 9.47 Å². The minimum absolute atomic E-state index is 0.228. The number of nitrogens with two attached hydrogens (primary N) is 1. The molecule has 2 N–H and O–H groups in total. The molecule has 0 aliphatic rings. The lowest BCUT2D eigenvalue weighted by Gasteiger charge is -2.16. The quantitative estimate of drug-likeness (QED) is 0.370. The van der Waals surface area contributed by atoms with Crippen molar-refractivity contribution in [2.75, 3.05) is 19.5 Å². The Morgan fingerprint density at radius 3 is 2.16 bits per heavy atom. The number of ether oxygens (including phenoxy) is 2. The molecule has 3 aromatic rings. The molecule has 166 valence electrons. The second kappa shape index (κ2) is 11.2. The summed E-state index contributed by atoms with van der Waals surface area (Å²) in [5, 5.41) is 9.76. The van der Waals surface area contributed by atoms with E-state index in [0.29, 0.717) is 5.56 Å². The minimum Gasteiger partial charge on any atom is -0.497 e. The van der Waals surface area contributed by atoms with Gasteiger partial charge in [0.15, 0.2) is 0 Å². The van der Waals surface area contributed by atoms with E-state index >= 15 is 0 Å². The summed E-state index contributed by atoms with van der Waals surface area (Å²) in [6, 6.07) is 17.8. The smallest absolute Gasteiger partial charge is 0.142 e. The Morgan fingerprint density at radius 2 is 1.53 bits per heavy atom. The Labute approximate surface area is 190 Å². The largest absolute Gasteiger partial charge is 0.497 e. The molecule has 0 radical (unpaired) electrons. The summed E-state index contributed by atoms with van der Waals surface area (Å²) in [6.07, 6.45) is 6.04. The van der Waals surface area contributed by atoms with Crippen LogP contribution in [0.4, 0.5) is 5.82 Å². The van der Waals surface area contributed by atoms with Crippen LogP contribution >= 0.6 is 0 Å². The van der Waals surface area contributed by atoms with Gasteiger partial charge in [-0.15, -0.1) is 0 Å². The number of nitrogen functional groups attached to an aromatic ring is 1. The van der Waals surface area contributed by atoms with E-state index in [1.54, 1.807) is 7.11 Å². The summed E-state index contributed by atoms with van der Waals surface area (Å²) in [5.74, 6) is 1.83. The average Bonchev–Trinajstić information content (AvgIpc) is 2.83. The third-order valence-electron chi connectivity index (χ3n) is 5.60. The predicted molar refractivity (Wildman–Crippen MR) is 130 cm³/mol. The third-order valence-corrected chi connectivity index (χ3v) is 5.60. The average molecular weight is 430 g/mol. The third kappa shape index (κ3) is 5.39. The standard InChI is InChI=1S/C27H31N3O2/c1-4-5-6-7-8-17-32-23-15-9-20(10-16-23)25-19(2)26(30-27(29)24(25)18-28)21-11-13-22(31-3)14-12-21/h9-16H,4-8,17H2,1-3H3,(H2,29,30). The van der Waals surface area contributed by atoms with Crippen LogP contribution in [0.15, 0.2) is 48.5 Å². The van der Waals surface area contributed by atoms with Gasteiger partial charge in [-0.2, -0.15) is 5.26 Å². The van der Waals surface area contributed by atoms with Gasteiger partial charge < -0.3 is 15.2 Å². The summed E-state index contributed by atoms with van der Waals surface area (Å²) in [4.78, 5) is 4.53. The van der Waals surface area contributed by atoms with Crippen LogP contribution in [-0.4, -0.2) is 18.7 Å². The van der Waals surface area contributed by atoms with Gasteiger partial charge in [-0.3, -0.25) is 0 Å². The number of pyridine rings is 1. The lowest BCUT2D eigenvalue weighted by atomic mass is 9.93. The van der Waals surface area contributed by atoms with E-state index in [4.69, 9.17) is 15.2 Å². The monoisotopic (exact) mass is 429 g/mol. The molecule has 32 heavy (non-hydrogen) atoms. The first-order valence-electron chi connectivity index (χ1n) is 11.2. The van der Waals surface area contributed by atoms with Crippen LogP contribution in [0.3, 0.4) is 0 Å². The van der Waals surface area contributed by atoms with Crippen LogP contribution in [0.5, 0.6) is 11.5 Å². The molecule has 0 unspecified atom stereocenters. The van der Waals surface area contributed by atoms with Gasteiger partial charge in [-0.25, -0.2) is 4.98 Å². The maximum atomic E-state index is 9.76. The molecular weight excluding hydrogens is 398 g/mol. The van der Waals surface area contributed by atoms with E-state index in [2.05, 4.69) is 18.0 Å². The Kier molecular flexibility index (Phi) is 8.10. The van der Waals surface area contributed by atoms with E-state index in [1.165, 1.54) is 25.7 Å². The molecule has 0 saturated heterocycles. The molecule has 0 atom stereocenters. The number of nitriles is 1. The summed E-state index contributed by atoms with van der Waals surface area (Å²) in [6.45, 7) is 4.91. The topological polar surface area (TPSA) is 81.2 Å². The van der Waals surface area contributed by atoms with E-state index in [-0.39, 0.29) is 5.82 Å². The maximum absolute atomic E-state index is 9.76. The zero-order chi connectivity index (χ0) is 22.9. The van der Waals surface area contributed by atoms with Crippen molar-refractivity contribution in [3.63, 3.8) is 0 Å². The zero-order valence-electron chi connectivity index (χ0n) is 19.1. The highest BCUT2D eigenvalue weighted by Crippen LogP contribution is 2.36. The Morgan fingerprint density at radius 1 is 0.906 bits per heavy atom. The molecule has 5 nitrogen and oxygen atoms in total. The van der Waals surface area contributed by atoms with Crippen LogP contribution in [0.25, 0.3) is 22.4 Å². The molecule has 0 aliphatic heterocycles. The molecule has 2 aromatic carbocycles. The number of methoxy groups -OCH3 is 1. The number of rotatable bonds is 10. The van der Waals surface area contributed by atoms with Crippen molar-refractivity contribution in [1.29, 1.82) is 5.26 Å². The van der Waals surface area contributed by atoms with Gasteiger partial charge in [-0.05, 0) is 60.9 Å². The van der Waals surface area contributed by atoms with Crippen LogP contribution in [0, 0.1) is 18.3 Å². The molecular formula is C27H31N3O2. The van der Waals surface area contributed by atoms with Gasteiger partial charge in [-0.1, -0.05) is 44.7 Å². The minimum atomic E-state index is 0.228. The number of hydrogen-bond acceptors (Lipinski definition) is 5. The summed E-state index contributed by atoms with van der Waals surface area (Å²) < 4.78 is 11.1. The first-order valence-corrected chi connectivity index (χ1v) is 11.2. The van der Waals surface area contributed by atoms with Crippen molar-refractivity contribution in [2.24, 2.45) is 0 Å². The van der Waals surface area contributed by atoms with Crippen LogP contribution < -0.4 is 15.2 Å². The molecule has 0 aliphatic carbocycles. The number of benzene rings is 2. The van der Waals surface area contributed by atoms with Crippen molar-refractivity contribution in [3.05, 3.63) is 59.7 Å². The Bertz CT molecular complexity index is 1070. The van der Waals surface area contributed by atoms with Crippen molar-refractivity contribution in [3.8, 4) is 40.0 Å². The molecule has 0 fully saturated rings.